The van der Waals surface area contributed by atoms with Crippen molar-refractivity contribution in [2.45, 2.75) is 38.6 Å². The van der Waals surface area contributed by atoms with Crippen LogP contribution in [-0.2, 0) is 11.2 Å². The molecule has 0 saturated carbocycles. The number of hydrogen-bond acceptors (Lipinski definition) is 2. The molecule has 3 nitrogen and oxygen atoms in total. The number of rotatable bonds is 6. The smallest absolute Gasteiger partial charge is 0.227 e. The Morgan fingerprint density at radius 3 is 2.23 bits per heavy atom. The quantitative estimate of drug-likeness (QED) is 0.819. The van der Waals surface area contributed by atoms with Crippen LogP contribution in [-0.4, -0.2) is 36.5 Å². The molecule has 1 heterocycles. The number of nitrogens with one attached hydrogen (secondary N) is 1. The molecule has 1 N–H and O–H groups in total. The van der Waals surface area contributed by atoms with Crippen LogP contribution in [0.4, 0.5) is 0 Å². The van der Waals surface area contributed by atoms with Crippen molar-refractivity contribution in [1.82, 2.24) is 10.2 Å². The van der Waals surface area contributed by atoms with Gasteiger partial charge in [-0.05, 0) is 49.0 Å². The van der Waals surface area contributed by atoms with Crippen molar-refractivity contribution in [1.29, 1.82) is 0 Å². The molecular weight excluding hydrogens is 344 g/mol. The van der Waals surface area contributed by atoms with Crippen LogP contribution in [0.15, 0.2) is 54.6 Å². The molecular formula is C22H29ClN2O. The lowest BCUT2D eigenvalue weighted by Crippen LogP contribution is -2.47. The maximum atomic E-state index is 12.9. The highest BCUT2D eigenvalue weighted by atomic mass is 35.5. The Balaban J connectivity index is 0.00000243. The predicted molar refractivity (Wildman–Crippen MR) is 111 cm³/mol. The van der Waals surface area contributed by atoms with E-state index in [1.165, 1.54) is 11.1 Å². The van der Waals surface area contributed by atoms with Gasteiger partial charge in [-0.25, -0.2) is 0 Å². The normalized spacial score (nSPS) is 14.5. The second-order valence-electron chi connectivity index (χ2n) is 6.81. The van der Waals surface area contributed by atoms with E-state index in [4.69, 9.17) is 0 Å². The first kappa shape index (κ1) is 20.5. The summed E-state index contributed by atoms with van der Waals surface area (Å²) in [5.41, 5.74) is 3.50. The van der Waals surface area contributed by atoms with Crippen LogP contribution in [0.5, 0.6) is 0 Å². The van der Waals surface area contributed by atoms with Gasteiger partial charge in [0.05, 0.1) is 6.42 Å². The minimum absolute atomic E-state index is 0. The Kier molecular flexibility index (Phi) is 8.14. The Morgan fingerprint density at radius 1 is 1.00 bits per heavy atom. The van der Waals surface area contributed by atoms with Gasteiger partial charge in [0.15, 0.2) is 0 Å². The zero-order valence-corrected chi connectivity index (χ0v) is 16.3. The zero-order chi connectivity index (χ0) is 17.5. The summed E-state index contributed by atoms with van der Waals surface area (Å²) in [4.78, 5) is 15.0. The highest BCUT2D eigenvalue weighted by Crippen LogP contribution is 2.20. The first-order valence-corrected chi connectivity index (χ1v) is 9.42. The number of carbonyl (C=O) groups excluding carboxylic acids is 1. The van der Waals surface area contributed by atoms with Gasteiger partial charge in [-0.3, -0.25) is 4.79 Å². The molecule has 1 fully saturated rings. The fraction of sp³-hybridized carbons (Fsp3) is 0.409. The van der Waals surface area contributed by atoms with E-state index in [1.54, 1.807) is 0 Å². The molecule has 0 spiro atoms. The third-order valence-electron chi connectivity index (χ3n) is 4.95. The highest BCUT2D eigenvalue weighted by molar-refractivity contribution is 5.85. The van der Waals surface area contributed by atoms with E-state index in [9.17, 15) is 4.79 Å². The second-order valence-corrected chi connectivity index (χ2v) is 6.81. The van der Waals surface area contributed by atoms with Crippen LogP contribution in [0, 0.1) is 0 Å². The summed E-state index contributed by atoms with van der Waals surface area (Å²) in [5.74, 6) is 0.265. The Hall–Kier alpha value is -1.84. The number of halogens is 1. The fourth-order valence-electron chi connectivity index (χ4n) is 3.59. The Bertz CT molecular complexity index is 666. The van der Waals surface area contributed by atoms with Crippen molar-refractivity contribution in [3.63, 3.8) is 0 Å². The second kappa shape index (κ2) is 10.3. The van der Waals surface area contributed by atoms with Gasteiger partial charge in [0.1, 0.15) is 0 Å². The number of hydrogen-bond donors (Lipinski definition) is 1. The average molecular weight is 373 g/mol. The topological polar surface area (TPSA) is 32.3 Å². The third kappa shape index (κ3) is 5.33. The molecule has 1 aliphatic heterocycles. The molecule has 2 aromatic carbocycles. The minimum atomic E-state index is 0. The summed E-state index contributed by atoms with van der Waals surface area (Å²) >= 11 is 0. The summed E-state index contributed by atoms with van der Waals surface area (Å²) in [6.45, 7) is 5.05. The molecule has 0 atom stereocenters. The summed E-state index contributed by atoms with van der Waals surface area (Å²) in [7, 11) is 0. The molecule has 1 amide bonds. The van der Waals surface area contributed by atoms with E-state index < -0.39 is 0 Å². The molecule has 26 heavy (non-hydrogen) atoms. The summed E-state index contributed by atoms with van der Waals surface area (Å²) in [6, 6.07) is 19.2. The van der Waals surface area contributed by atoms with Crippen molar-refractivity contribution in [2.75, 3.05) is 19.6 Å². The number of benzene rings is 2. The molecule has 140 valence electrons. The van der Waals surface area contributed by atoms with Gasteiger partial charge < -0.3 is 10.2 Å². The van der Waals surface area contributed by atoms with E-state index in [0.717, 1.165) is 44.5 Å². The van der Waals surface area contributed by atoms with Gasteiger partial charge in [-0.15, -0.1) is 12.4 Å². The average Bonchev–Trinajstić information content (AvgIpc) is 2.68. The monoisotopic (exact) mass is 372 g/mol. The van der Waals surface area contributed by atoms with Crippen LogP contribution in [0.2, 0.25) is 0 Å². The van der Waals surface area contributed by atoms with Crippen LogP contribution in [0.25, 0.3) is 11.1 Å². The predicted octanol–water partition coefficient (Wildman–Crippen LogP) is 4.31. The first-order valence-electron chi connectivity index (χ1n) is 9.42. The molecule has 0 unspecified atom stereocenters. The number of carbonyl (C=O) groups is 1. The zero-order valence-electron chi connectivity index (χ0n) is 15.5. The van der Waals surface area contributed by atoms with Crippen molar-refractivity contribution in [3.05, 3.63) is 60.2 Å². The Labute approximate surface area is 163 Å². The van der Waals surface area contributed by atoms with Crippen molar-refractivity contribution in [2.24, 2.45) is 0 Å². The molecule has 0 aromatic heterocycles. The Morgan fingerprint density at radius 2 is 1.62 bits per heavy atom. The van der Waals surface area contributed by atoms with Gasteiger partial charge in [0.25, 0.3) is 0 Å². The molecule has 0 aliphatic carbocycles. The van der Waals surface area contributed by atoms with Gasteiger partial charge in [-0.2, -0.15) is 0 Å². The number of nitrogens with zero attached hydrogens (tertiary/aromatic N) is 1. The number of amides is 1. The molecule has 2 aromatic rings. The maximum absolute atomic E-state index is 12.9. The molecule has 3 rings (SSSR count). The fourth-order valence-corrected chi connectivity index (χ4v) is 3.59. The van der Waals surface area contributed by atoms with E-state index in [2.05, 4.69) is 65.7 Å². The third-order valence-corrected chi connectivity index (χ3v) is 4.95. The summed E-state index contributed by atoms with van der Waals surface area (Å²) < 4.78 is 0. The molecule has 1 aliphatic rings. The SMILES string of the molecule is CCCN(C(=O)Cc1ccc(-c2ccccc2)cc1)C1CCNCC1.Cl. The molecule has 0 radical (unpaired) electrons. The van der Waals surface area contributed by atoms with Crippen LogP contribution >= 0.6 is 12.4 Å². The lowest BCUT2D eigenvalue weighted by molar-refractivity contribution is -0.133. The van der Waals surface area contributed by atoms with E-state index in [-0.39, 0.29) is 18.3 Å². The number of piperidine rings is 1. The van der Waals surface area contributed by atoms with Gasteiger partial charge in [0, 0.05) is 12.6 Å². The van der Waals surface area contributed by atoms with Gasteiger partial charge >= 0.3 is 0 Å². The van der Waals surface area contributed by atoms with Crippen LogP contribution in [0.3, 0.4) is 0 Å². The van der Waals surface area contributed by atoms with Gasteiger partial charge in [-0.1, -0.05) is 61.5 Å². The van der Waals surface area contributed by atoms with Crippen molar-refractivity contribution in [3.8, 4) is 11.1 Å². The molecule has 0 bridgehead atoms. The van der Waals surface area contributed by atoms with Gasteiger partial charge in [0.2, 0.25) is 5.91 Å². The lowest BCUT2D eigenvalue weighted by Gasteiger charge is -2.34. The van der Waals surface area contributed by atoms with Crippen molar-refractivity contribution >= 4 is 18.3 Å². The van der Waals surface area contributed by atoms with Crippen LogP contribution in [0.1, 0.15) is 31.7 Å². The summed E-state index contributed by atoms with van der Waals surface area (Å²) in [5, 5.41) is 3.38. The van der Waals surface area contributed by atoms with Crippen molar-refractivity contribution < 1.29 is 4.79 Å². The largest absolute Gasteiger partial charge is 0.339 e. The van der Waals surface area contributed by atoms with E-state index in [0.29, 0.717) is 12.5 Å². The maximum Gasteiger partial charge on any atom is 0.227 e. The molecule has 4 heteroatoms. The summed E-state index contributed by atoms with van der Waals surface area (Å²) in [6.07, 6.45) is 3.65. The molecule has 1 saturated heterocycles. The van der Waals surface area contributed by atoms with E-state index in [1.807, 2.05) is 6.07 Å². The first-order chi connectivity index (χ1) is 12.3. The highest BCUT2D eigenvalue weighted by Gasteiger charge is 2.24. The van der Waals surface area contributed by atoms with E-state index >= 15 is 0 Å². The lowest BCUT2D eigenvalue weighted by atomic mass is 10.0. The van der Waals surface area contributed by atoms with Crippen LogP contribution < -0.4 is 5.32 Å². The minimum Gasteiger partial charge on any atom is -0.339 e. The standard InChI is InChI=1S/C22H28N2O.ClH/c1-2-16-24(21-12-14-23-15-13-21)22(25)17-18-8-10-20(11-9-18)19-6-4-3-5-7-19;/h3-11,21,23H,2,12-17H2,1H3;1H.